The number of carbonyl (C=O) groups excluding carboxylic acids is 1. The van der Waals surface area contributed by atoms with Gasteiger partial charge < -0.3 is 9.84 Å². The smallest absolute Gasteiger partial charge is 0.337 e. The molecule has 2 aromatic carbocycles. The monoisotopic (exact) mass is 280 g/mol. The first kappa shape index (κ1) is 14.4. The van der Waals surface area contributed by atoms with Gasteiger partial charge in [0, 0.05) is 11.1 Å². The van der Waals surface area contributed by atoms with Crippen molar-refractivity contribution >= 4 is 11.9 Å². The van der Waals surface area contributed by atoms with E-state index < -0.39 is 11.9 Å². The molecule has 104 valence electrons. The van der Waals surface area contributed by atoms with E-state index in [1.807, 2.05) is 0 Å². The highest BCUT2D eigenvalue weighted by atomic mass is 16.5. The molecule has 2 rings (SSSR count). The highest BCUT2D eigenvalue weighted by Crippen LogP contribution is 2.06. The summed E-state index contributed by atoms with van der Waals surface area (Å²) in [7, 11) is 1.33. The van der Waals surface area contributed by atoms with Crippen LogP contribution in [0.5, 0.6) is 0 Å². The van der Waals surface area contributed by atoms with E-state index in [0.717, 1.165) is 11.1 Å². The van der Waals surface area contributed by atoms with Gasteiger partial charge in [0.2, 0.25) is 0 Å². The van der Waals surface area contributed by atoms with E-state index >= 15 is 0 Å². The van der Waals surface area contributed by atoms with E-state index in [1.54, 1.807) is 36.4 Å². The zero-order valence-corrected chi connectivity index (χ0v) is 11.3. The number of carboxylic acid groups (broad SMARTS) is 1. The van der Waals surface area contributed by atoms with Gasteiger partial charge in [-0.1, -0.05) is 11.8 Å². The molecule has 0 saturated heterocycles. The zero-order valence-electron chi connectivity index (χ0n) is 11.3. The quantitative estimate of drug-likeness (QED) is 0.678. The molecule has 0 radical (unpaired) electrons. The molecule has 0 aromatic heterocycles. The first-order chi connectivity index (χ1) is 10.1. The molecule has 0 aliphatic rings. The Morgan fingerprint density at radius 2 is 1.29 bits per heavy atom. The molecule has 0 atom stereocenters. The maximum atomic E-state index is 11.3. The third-order valence-corrected chi connectivity index (χ3v) is 2.79. The fourth-order valence-corrected chi connectivity index (χ4v) is 1.65. The number of aromatic carboxylic acids is 1. The lowest BCUT2D eigenvalue weighted by atomic mass is 10.1. The lowest BCUT2D eigenvalue weighted by Crippen LogP contribution is -2.00. The van der Waals surface area contributed by atoms with Crippen molar-refractivity contribution in [2.24, 2.45) is 0 Å². The molecule has 2 aromatic rings. The van der Waals surface area contributed by atoms with Gasteiger partial charge in [-0.3, -0.25) is 0 Å². The maximum absolute atomic E-state index is 11.3. The van der Waals surface area contributed by atoms with Crippen molar-refractivity contribution in [3.63, 3.8) is 0 Å². The Kier molecular flexibility index (Phi) is 4.37. The Morgan fingerprint density at radius 1 is 0.857 bits per heavy atom. The first-order valence-electron chi connectivity index (χ1n) is 6.14. The van der Waals surface area contributed by atoms with Gasteiger partial charge >= 0.3 is 11.9 Å². The lowest BCUT2D eigenvalue weighted by Gasteiger charge is -1.98. The average molecular weight is 280 g/mol. The second kappa shape index (κ2) is 6.40. The van der Waals surface area contributed by atoms with Gasteiger partial charge in [0.25, 0.3) is 0 Å². The van der Waals surface area contributed by atoms with Crippen LogP contribution in [0.4, 0.5) is 0 Å². The summed E-state index contributed by atoms with van der Waals surface area (Å²) in [5, 5.41) is 8.80. The van der Waals surface area contributed by atoms with Gasteiger partial charge in [-0.25, -0.2) is 9.59 Å². The first-order valence-corrected chi connectivity index (χ1v) is 6.14. The molecule has 0 fully saturated rings. The predicted molar refractivity (Wildman–Crippen MR) is 77.2 cm³/mol. The summed E-state index contributed by atoms with van der Waals surface area (Å²) in [4.78, 5) is 22.0. The minimum absolute atomic E-state index is 0.225. The number of hydrogen-bond donors (Lipinski definition) is 1. The van der Waals surface area contributed by atoms with E-state index in [0.29, 0.717) is 5.56 Å². The maximum Gasteiger partial charge on any atom is 0.337 e. The molecule has 0 heterocycles. The van der Waals surface area contributed by atoms with Gasteiger partial charge in [0.15, 0.2) is 0 Å². The summed E-state index contributed by atoms with van der Waals surface area (Å²) in [6.45, 7) is 0. The molecule has 0 spiro atoms. The molecule has 0 bridgehead atoms. The minimum Gasteiger partial charge on any atom is -0.478 e. The third kappa shape index (κ3) is 3.71. The van der Waals surface area contributed by atoms with Crippen LogP contribution in [0.15, 0.2) is 48.5 Å². The zero-order chi connectivity index (χ0) is 15.2. The van der Waals surface area contributed by atoms with Gasteiger partial charge in [-0.05, 0) is 48.5 Å². The van der Waals surface area contributed by atoms with E-state index in [1.165, 1.54) is 19.2 Å². The molecule has 0 aliphatic carbocycles. The van der Waals surface area contributed by atoms with Crippen molar-refractivity contribution in [2.45, 2.75) is 0 Å². The lowest BCUT2D eigenvalue weighted by molar-refractivity contribution is 0.0600. The number of carbonyl (C=O) groups is 2. The van der Waals surface area contributed by atoms with Crippen LogP contribution in [0, 0.1) is 11.8 Å². The predicted octanol–water partition coefficient (Wildman–Crippen LogP) is 2.57. The van der Waals surface area contributed by atoms with Crippen molar-refractivity contribution in [3.8, 4) is 11.8 Å². The van der Waals surface area contributed by atoms with Crippen LogP contribution in [0.3, 0.4) is 0 Å². The number of esters is 1. The molecule has 0 unspecified atom stereocenters. The average Bonchev–Trinajstić information content (AvgIpc) is 2.53. The SMILES string of the molecule is COC(=O)c1ccc(C#Cc2ccc(C(=O)O)cc2)cc1. The number of carboxylic acids is 1. The summed E-state index contributed by atoms with van der Waals surface area (Å²) < 4.78 is 4.61. The van der Waals surface area contributed by atoms with Crippen molar-refractivity contribution in [3.05, 3.63) is 70.8 Å². The molecular weight excluding hydrogens is 268 g/mol. The number of hydrogen-bond acceptors (Lipinski definition) is 3. The Labute approximate surface area is 122 Å². The van der Waals surface area contributed by atoms with E-state index in [2.05, 4.69) is 16.6 Å². The number of rotatable bonds is 2. The normalized spacial score (nSPS) is 9.38. The topological polar surface area (TPSA) is 63.6 Å². The number of methoxy groups -OCH3 is 1. The standard InChI is InChI=1S/C17H12O4/c1-21-17(20)15-10-6-13(7-11-15)3-2-12-4-8-14(9-5-12)16(18)19/h4-11H,1H3,(H,18,19). The largest absolute Gasteiger partial charge is 0.478 e. The van der Waals surface area contributed by atoms with Crippen molar-refractivity contribution < 1.29 is 19.4 Å². The van der Waals surface area contributed by atoms with Gasteiger partial charge in [-0.15, -0.1) is 0 Å². The summed E-state index contributed by atoms with van der Waals surface area (Å²) >= 11 is 0. The molecule has 4 nitrogen and oxygen atoms in total. The van der Waals surface area contributed by atoms with Crippen molar-refractivity contribution in [1.29, 1.82) is 0 Å². The highest BCUT2D eigenvalue weighted by Gasteiger charge is 2.03. The van der Waals surface area contributed by atoms with E-state index in [9.17, 15) is 9.59 Å². The summed E-state index contributed by atoms with van der Waals surface area (Å²) in [5.41, 5.74) is 2.17. The second-order valence-electron chi connectivity index (χ2n) is 4.20. The molecule has 4 heteroatoms. The molecule has 0 amide bonds. The van der Waals surface area contributed by atoms with E-state index in [-0.39, 0.29) is 5.56 Å². The Morgan fingerprint density at radius 3 is 1.67 bits per heavy atom. The van der Waals surface area contributed by atoms with Gasteiger partial charge in [0.05, 0.1) is 18.2 Å². The second-order valence-corrected chi connectivity index (χ2v) is 4.20. The molecular formula is C17H12O4. The molecule has 1 N–H and O–H groups in total. The van der Waals surface area contributed by atoms with Crippen LogP contribution in [0.25, 0.3) is 0 Å². The van der Waals surface area contributed by atoms with Crippen LogP contribution in [-0.4, -0.2) is 24.2 Å². The van der Waals surface area contributed by atoms with Crippen molar-refractivity contribution in [2.75, 3.05) is 7.11 Å². The minimum atomic E-state index is -0.965. The van der Waals surface area contributed by atoms with Gasteiger partial charge in [-0.2, -0.15) is 0 Å². The third-order valence-electron chi connectivity index (χ3n) is 2.79. The number of benzene rings is 2. The van der Waals surface area contributed by atoms with E-state index in [4.69, 9.17) is 5.11 Å². The fraction of sp³-hybridized carbons (Fsp3) is 0.0588. The van der Waals surface area contributed by atoms with Crippen LogP contribution in [-0.2, 0) is 4.74 Å². The van der Waals surface area contributed by atoms with Crippen LogP contribution in [0.2, 0.25) is 0 Å². The Hall–Kier alpha value is -3.06. The summed E-state index contributed by atoms with van der Waals surface area (Å²) in [6.07, 6.45) is 0. The van der Waals surface area contributed by atoms with Crippen LogP contribution >= 0.6 is 0 Å². The van der Waals surface area contributed by atoms with Crippen LogP contribution in [0.1, 0.15) is 31.8 Å². The molecule has 0 saturated carbocycles. The molecule has 0 aliphatic heterocycles. The highest BCUT2D eigenvalue weighted by molar-refractivity contribution is 5.89. The van der Waals surface area contributed by atoms with Crippen LogP contribution < -0.4 is 0 Å². The Bertz CT molecular complexity index is 716. The molecule has 21 heavy (non-hydrogen) atoms. The van der Waals surface area contributed by atoms with Gasteiger partial charge in [0.1, 0.15) is 0 Å². The Balaban J connectivity index is 2.15. The fourth-order valence-electron chi connectivity index (χ4n) is 1.65. The number of ether oxygens (including phenoxy) is 1. The summed E-state index contributed by atoms with van der Waals surface area (Å²) in [6, 6.07) is 13.1. The summed E-state index contributed by atoms with van der Waals surface area (Å²) in [5.74, 6) is 4.52. The van der Waals surface area contributed by atoms with Crippen molar-refractivity contribution in [1.82, 2.24) is 0 Å².